The molecule has 0 fully saturated rings. The van der Waals surface area contributed by atoms with E-state index >= 15 is 0 Å². The number of furan rings is 1. The average molecular weight is 715 g/mol. The molecule has 0 aliphatic heterocycles. The van der Waals surface area contributed by atoms with Gasteiger partial charge in [-0.25, -0.2) is 9.97 Å². The van der Waals surface area contributed by atoms with Crippen LogP contribution in [0.4, 0.5) is 0 Å². The number of hydrogen-bond acceptors (Lipinski definition) is 3. The van der Waals surface area contributed by atoms with Crippen LogP contribution in [0.15, 0.2) is 211 Å². The van der Waals surface area contributed by atoms with Crippen molar-refractivity contribution < 1.29 is 4.42 Å². The van der Waals surface area contributed by atoms with Gasteiger partial charge in [0.2, 0.25) is 0 Å². The van der Waals surface area contributed by atoms with E-state index in [1.807, 2.05) is 30.3 Å². The molecule has 2 aromatic heterocycles. The van der Waals surface area contributed by atoms with Crippen LogP contribution in [0.1, 0.15) is 22.3 Å². The van der Waals surface area contributed by atoms with Crippen LogP contribution in [0.5, 0.6) is 0 Å². The Hall–Kier alpha value is -7.36. The Kier molecular flexibility index (Phi) is 7.39. The summed E-state index contributed by atoms with van der Waals surface area (Å²) in [5.74, 6) is 0.686. The molecule has 0 spiro atoms. The van der Waals surface area contributed by atoms with E-state index in [0.29, 0.717) is 5.82 Å². The number of rotatable bonds is 6. The number of para-hydroxylation sites is 1. The lowest BCUT2D eigenvalue weighted by Gasteiger charge is -2.33. The predicted molar refractivity (Wildman–Crippen MR) is 228 cm³/mol. The summed E-state index contributed by atoms with van der Waals surface area (Å²) in [4.78, 5) is 10.7. The number of benzene rings is 8. The summed E-state index contributed by atoms with van der Waals surface area (Å²) in [5, 5.41) is 2.21. The summed E-state index contributed by atoms with van der Waals surface area (Å²) in [7, 11) is 0. The van der Waals surface area contributed by atoms with Crippen LogP contribution in [0.2, 0.25) is 0 Å². The van der Waals surface area contributed by atoms with Crippen molar-refractivity contribution in [3.63, 3.8) is 0 Å². The molecule has 1 aliphatic rings. The fourth-order valence-electron chi connectivity index (χ4n) is 9.00. The maximum atomic E-state index is 6.20. The van der Waals surface area contributed by atoms with Crippen LogP contribution in [-0.4, -0.2) is 9.97 Å². The van der Waals surface area contributed by atoms with Gasteiger partial charge in [0.1, 0.15) is 11.2 Å². The van der Waals surface area contributed by atoms with E-state index in [9.17, 15) is 0 Å². The van der Waals surface area contributed by atoms with Gasteiger partial charge in [-0.1, -0.05) is 182 Å². The average Bonchev–Trinajstić information content (AvgIpc) is 3.81. The van der Waals surface area contributed by atoms with Crippen molar-refractivity contribution in [3.05, 3.63) is 229 Å². The molecule has 2 heterocycles. The normalized spacial score (nSPS) is 12.8. The smallest absolute Gasteiger partial charge is 0.160 e. The fourth-order valence-corrected chi connectivity index (χ4v) is 9.00. The quantitative estimate of drug-likeness (QED) is 0.172. The number of fused-ring (bicyclic) bond motifs is 6. The van der Waals surface area contributed by atoms with Crippen molar-refractivity contribution >= 4 is 21.9 Å². The molecular weight excluding hydrogens is 681 g/mol. The zero-order valence-corrected chi connectivity index (χ0v) is 30.4. The van der Waals surface area contributed by atoms with Gasteiger partial charge in [-0.05, 0) is 68.8 Å². The third-order valence-electron chi connectivity index (χ3n) is 11.4. The van der Waals surface area contributed by atoms with Gasteiger partial charge in [0.25, 0.3) is 0 Å². The molecule has 0 saturated heterocycles. The number of nitrogens with zero attached hydrogens (tertiary/aromatic N) is 2. The molecule has 0 saturated carbocycles. The highest BCUT2D eigenvalue weighted by atomic mass is 16.3. The first kappa shape index (κ1) is 32.1. The van der Waals surface area contributed by atoms with Crippen LogP contribution in [0, 0.1) is 0 Å². The van der Waals surface area contributed by atoms with Crippen molar-refractivity contribution in [2.24, 2.45) is 0 Å². The molecule has 56 heavy (non-hydrogen) atoms. The lowest BCUT2D eigenvalue weighted by atomic mass is 9.67. The van der Waals surface area contributed by atoms with E-state index in [1.54, 1.807) is 0 Å². The number of hydrogen-bond donors (Lipinski definition) is 0. The molecule has 3 heteroatoms. The van der Waals surface area contributed by atoms with Crippen molar-refractivity contribution in [3.8, 4) is 56.2 Å². The second-order valence-corrected chi connectivity index (χ2v) is 14.4. The summed E-state index contributed by atoms with van der Waals surface area (Å²) < 4.78 is 6.20. The molecule has 8 aromatic carbocycles. The van der Waals surface area contributed by atoms with E-state index < -0.39 is 5.41 Å². The largest absolute Gasteiger partial charge is 0.456 e. The molecule has 0 amide bonds. The zero-order chi connectivity index (χ0) is 37.1. The molecule has 10 aromatic rings. The third-order valence-corrected chi connectivity index (χ3v) is 11.4. The Labute approximate surface area is 325 Å². The zero-order valence-electron chi connectivity index (χ0n) is 30.4. The van der Waals surface area contributed by atoms with Gasteiger partial charge in [-0.15, -0.1) is 0 Å². The molecule has 1 aliphatic carbocycles. The van der Waals surface area contributed by atoms with Crippen LogP contribution in [-0.2, 0) is 5.41 Å². The summed E-state index contributed by atoms with van der Waals surface area (Å²) in [6, 6.07) is 73.3. The first-order valence-corrected chi connectivity index (χ1v) is 19.1. The molecule has 0 radical (unpaired) electrons. The number of aromatic nitrogens is 2. The van der Waals surface area contributed by atoms with Gasteiger partial charge in [-0.2, -0.15) is 0 Å². The van der Waals surface area contributed by atoms with E-state index in [4.69, 9.17) is 14.4 Å². The maximum absolute atomic E-state index is 6.20. The highest BCUT2D eigenvalue weighted by molar-refractivity contribution is 6.07. The molecule has 3 nitrogen and oxygen atoms in total. The second kappa shape index (κ2) is 12.9. The van der Waals surface area contributed by atoms with Crippen LogP contribution >= 0.6 is 0 Å². The Balaban J connectivity index is 1.16. The Bertz CT molecular complexity index is 3040. The van der Waals surface area contributed by atoms with Gasteiger partial charge in [0.05, 0.1) is 16.8 Å². The Morgan fingerprint density at radius 3 is 1.66 bits per heavy atom. The third kappa shape index (κ3) is 4.91. The van der Waals surface area contributed by atoms with Gasteiger partial charge in [0, 0.05) is 27.5 Å². The van der Waals surface area contributed by atoms with Crippen LogP contribution in [0.25, 0.3) is 78.1 Å². The second-order valence-electron chi connectivity index (χ2n) is 14.4. The molecule has 11 rings (SSSR count). The lowest BCUT2D eigenvalue weighted by Crippen LogP contribution is -2.28. The van der Waals surface area contributed by atoms with Gasteiger partial charge in [0.15, 0.2) is 5.82 Å². The Morgan fingerprint density at radius 2 is 0.911 bits per heavy atom. The van der Waals surface area contributed by atoms with Crippen LogP contribution in [0.3, 0.4) is 0 Å². The van der Waals surface area contributed by atoms with Gasteiger partial charge in [-0.3, -0.25) is 0 Å². The fraction of sp³-hybridized carbons (Fsp3) is 0.0189. The van der Waals surface area contributed by atoms with Gasteiger partial charge >= 0.3 is 0 Å². The van der Waals surface area contributed by atoms with Crippen molar-refractivity contribution in [1.82, 2.24) is 9.97 Å². The molecule has 262 valence electrons. The first-order chi connectivity index (χ1) is 27.8. The van der Waals surface area contributed by atoms with E-state index in [0.717, 1.165) is 61.1 Å². The van der Waals surface area contributed by atoms with E-state index in [2.05, 4.69) is 176 Å². The summed E-state index contributed by atoms with van der Waals surface area (Å²) in [5.41, 5.74) is 15.7. The van der Waals surface area contributed by atoms with Crippen molar-refractivity contribution in [2.75, 3.05) is 0 Å². The minimum Gasteiger partial charge on any atom is -0.456 e. The minimum atomic E-state index is -0.509. The van der Waals surface area contributed by atoms with Crippen LogP contribution < -0.4 is 0 Å². The monoisotopic (exact) mass is 714 g/mol. The highest BCUT2D eigenvalue weighted by Gasteiger charge is 2.46. The molecule has 0 N–H and O–H groups in total. The van der Waals surface area contributed by atoms with E-state index in [1.165, 1.54) is 33.4 Å². The van der Waals surface area contributed by atoms with E-state index in [-0.39, 0.29) is 0 Å². The van der Waals surface area contributed by atoms with Crippen molar-refractivity contribution in [1.29, 1.82) is 0 Å². The van der Waals surface area contributed by atoms with Crippen molar-refractivity contribution in [2.45, 2.75) is 5.41 Å². The first-order valence-electron chi connectivity index (χ1n) is 19.1. The lowest BCUT2D eigenvalue weighted by molar-refractivity contribution is 0.669. The standard InChI is InChI=1S/C53H34N2O/c1-4-17-35(18-5-1)52-54-47(40-24-11-10-23-39(40)36-31-32-50-44(33-36)41-25-13-15-30-49(41)56-50)34-48(55-52)43-27-16-29-46-51(43)42-26-12-14-28-45(42)53(46,37-19-6-2-7-20-37)38-21-8-3-9-22-38/h1-34H. The highest BCUT2D eigenvalue weighted by Crippen LogP contribution is 2.58. The minimum absolute atomic E-state index is 0.509. The van der Waals surface area contributed by atoms with Gasteiger partial charge < -0.3 is 4.42 Å². The predicted octanol–water partition coefficient (Wildman–Crippen LogP) is 13.4. The molecule has 0 unspecified atom stereocenters. The maximum Gasteiger partial charge on any atom is 0.160 e. The SMILES string of the molecule is c1ccc(-c2nc(-c3ccccc3-c3ccc4oc5ccccc5c4c3)cc(-c3cccc4c3-c3ccccc3C4(c3ccccc3)c3ccccc3)n2)cc1. The molecule has 0 bridgehead atoms. The topological polar surface area (TPSA) is 38.9 Å². The Morgan fingerprint density at radius 1 is 0.357 bits per heavy atom. The molecular formula is C53H34N2O. The summed E-state index contributed by atoms with van der Waals surface area (Å²) in [6.45, 7) is 0. The summed E-state index contributed by atoms with van der Waals surface area (Å²) >= 11 is 0. The summed E-state index contributed by atoms with van der Waals surface area (Å²) in [6.07, 6.45) is 0. The molecule has 0 atom stereocenters.